The maximum Gasteiger partial charge on any atom is 0.251 e. The summed E-state index contributed by atoms with van der Waals surface area (Å²) in [7, 11) is 0. The summed E-state index contributed by atoms with van der Waals surface area (Å²) < 4.78 is 5.54. The number of nitrogens with one attached hydrogen (secondary N) is 2. The molecule has 2 fully saturated rings. The zero-order chi connectivity index (χ0) is 18.5. The van der Waals surface area contributed by atoms with Crippen molar-refractivity contribution in [3.8, 4) is 0 Å². The Morgan fingerprint density at radius 3 is 2.65 bits per heavy atom. The number of carbonyl (C=O) groups is 3. The molecule has 1 aromatic carbocycles. The van der Waals surface area contributed by atoms with Gasteiger partial charge in [0.05, 0.1) is 18.7 Å². The first-order valence-electron chi connectivity index (χ1n) is 9.14. The Labute approximate surface area is 153 Å². The van der Waals surface area contributed by atoms with Crippen LogP contribution in [0.5, 0.6) is 0 Å². The molecule has 2 aliphatic rings. The van der Waals surface area contributed by atoms with Gasteiger partial charge in [0.15, 0.2) is 0 Å². The fourth-order valence-electron chi connectivity index (χ4n) is 3.37. The molecule has 26 heavy (non-hydrogen) atoms. The van der Waals surface area contributed by atoms with Crippen LogP contribution in [0.3, 0.4) is 0 Å². The summed E-state index contributed by atoms with van der Waals surface area (Å²) in [6, 6.07) is 6.79. The summed E-state index contributed by atoms with van der Waals surface area (Å²) in [6.45, 7) is 3.28. The van der Waals surface area contributed by atoms with Crippen LogP contribution in [-0.4, -0.2) is 49.6 Å². The van der Waals surface area contributed by atoms with Crippen LogP contribution < -0.4 is 15.5 Å². The van der Waals surface area contributed by atoms with Crippen molar-refractivity contribution in [3.05, 3.63) is 29.8 Å². The SMILES string of the molecule is CC(NC(=O)CNC(=O)c1ccc(N2CCCC2=O)cc1)C1CCCO1. The van der Waals surface area contributed by atoms with Gasteiger partial charge in [0.1, 0.15) is 0 Å². The molecule has 2 heterocycles. The van der Waals surface area contributed by atoms with Crippen LogP contribution in [0.2, 0.25) is 0 Å². The number of benzene rings is 1. The van der Waals surface area contributed by atoms with E-state index in [0.29, 0.717) is 18.5 Å². The van der Waals surface area contributed by atoms with Crippen LogP contribution in [0.4, 0.5) is 5.69 Å². The number of hydrogen-bond donors (Lipinski definition) is 2. The summed E-state index contributed by atoms with van der Waals surface area (Å²) in [5.41, 5.74) is 1.26. The summed E-state index contributed by atoms with van der Waals surface area (Å²) >= 11 is 0. The van der Waals surface area contributed by atoms with Crippen LogP contribution in [0.25, 0.3) is 0 Å². The van der Waals surface area contributed by atoms with Crippen LogP contribution in [0.1, 0.15) is 43.0 Å². The third kappa shape index (κ3) is 4.40. The van der Waals surface area contributed by atoms with Crippen molar-refractivity contribution in [2.45, 2.75) is 44.8 Å². The van der Waals surface area contributed by atoms with E-state index < -0.39 is 0 Å². The second kappa shape index (κ2) is 8.31. The minimum Gasteiger partial charge on any atom is -0.376 e. The Morgan fingerprint density at radius 1 is 1.27 bits per heavy atom. The molecule has 2 saturated heterocycles. The minimum atomic E-state index is -0.316. The van der Waals surface area contributed by atoms with Gasteiger partial charge >= 0.3 is 0 Å². The van der Waals surface area contributed by atoms with Crippen LogP contribution in [0.15, 0.2) is 24.3 Å². The van der Waals surface area contributed by atoms with Gasteiger partial charge in [-0.05, 0) is 50.5 Å². The lowest BCUT2D eigenvalue weighted by atomic mass is 10.1. The summed E-state index contributed by atoms with van der Waals surface area (Å²) in [4.78, 5) is 37.6. The quantitative estimate of drug-likeness (QED) is 0.800. The second-order valence-corrected chi connectivity index (χ2v) is 6.79. The molecule has 0 radical (unpaired) electrons. The zero-order valence-electron chi connectivity index (χ0n) is 15.0. The van der Waals surface area contributed by atoms with E-state index >= 15 is 0 Å². The summed E-state index contributed by atoms with van der Waals surface area (Å²) in [6.07, 6.45) is 3.44. The molecular formula is C19H25N3O4. The van der Waals surface area contributed by atoms with E-state index in [2.05, 4.69) is 10.6 Å². The number of hydrogen-bond acceptors (Lipinski definition) is 4. The molecule has 140 valence electrons. The van der Waals surface area contributed by atoms with Crippen molar-refractivity contribution in [3.63, 3.8) is 0 Å². The molecule has 2 N–H and O–H groups in total. The number of anilines is 1. The lowest BCUT2D eigenvalue weighted by molar-refractivity contribution is -0.121. The normalized spacial score (nSPS) is 20.9. The molecule has 2 unspecified atom stereocenters. The lowest BCUT2D eigenvalue weighted by Gasteiger charge is -2.20. The first kappa shape index (κ1) is 18.4. The summed E-state index contributed by atoms with van der Waals surface area (Å²) in [5, 5.41) is 5.48. The van der Waals surface area contributed by atoms with E-state index in [1.54, 1.807) is 29.2 Å². The van der Waals surface area contributed by atoms with E-state index in [-0.39, 0.29) is 36.4 Å². The Balaban J connectivity index is 1.47. The van der Waals surface area contributed by atoms with E-state index in [9.17, 15) is 14.4 Å². The standard InChI is InChI=1S/C19H25N3O4/c1-13(16-4-3-11-26-16)21-17(23)12-20-19(25)14-6-8-15(9-7-14)22-10-2-5-18(22)24/h6-9,13,16H,2-5,10-12H2,1H3,(H,20,25)(H,21,23). The molecule has 0 aliphatic carbocycles. The smallest absolute Gasteiger partial charge is 0.251 e. The van der Waals surface area contributed by atoms with Gasteiger partial charge in [0, 0.05) is 30.8 Å². The monoisotopic (exact) mass is 359 g/mol. The van der Waals surface area contributed by atoms with Crippen LogP contribution in [-0.2, 0) is 14.3 Å². The summed E-state index contributed by atoms with van der Waals surface area (Å²) in [5.74, 6) is -0.441. The van der Waals surface area contributed by atoms with Gasteiger partial charge in [-0.3, -0.25) is 14.4 Å². The molecule has 3 rings (SSSR count). The maximum absolute atomic E-state index is 12.2. The third-order valence-corrected chi connectivity index (χ3v) is 4.84. The molecule has 0 saturated carbocycles. The predicted octanol–water partition coefficient (Wildman–Crippen LogP) is 1.23. The van der Waals surface area contributed by atoms with Crippen molar-refractivity contribution < 1.29 is 19.1 Å². The molecule has 0 bridgehead atoms. The first-order valence-corrected chi connectivity index (χ1v) is 9.14. The molecule has 2 aliphatic heterocycles. The van der Waals surface area contributed by atoms with Gasteiger partial charge < -0.3 is 20.3 Å². The Morgan fingerprint density at radius 2 is 2.04 bits per heavy atom. The average molecular weight is 359 g/mol. The molecular weight excluding hydrogens is 334 g/mol. The molecule has 2 atom stereocenters. The number of ether oxygens (including phenoxy) is 1. The van der Waals surface area contributed by atoms with Crippen molar-refractivity contribution in [2.24, 2.45) is 0 Å². The molecule has 0 aromatic heterocycles. The number of amides is 3. The molecule has 7 heteroatoms. The highest BCUT2D eigenvalue weighted by molar-refractivity contribution is 5.98. The molecule has 0 spiro atoms. The largest absolute Gasteiger partial charge is 0.376 e. The van der Waals surface area contributed by atoms with Gasteiger partial charge in [-0.15, -0.1) is 0 Å². The number of nitrogens with zero attached hydrogens (tertiary/aromatic N) is 1. The van der Waals surface area contributed by atoms with Crippen molar-refractivity contribution in [2.75, 3.05) is 24.6 Å². The minimum absolute atomic E-state index is 0.0514. The third-order valence-electron chi connectivity index (χ3n) is 4.84. The fourth-order valence-corrected chi connectivity index (χ4v) is 3.37. The van der Waals surface area contributed by atoms with Gasteiger partial charge in [-0.2, -0.15) is 0 Å². The predicted molar refractivity (Wildman–Crippen MR) is 96.9 cm³/mol. The topological polar surface area (TPSA) is 87.7 Å². The molecule has 1 aromatic rings. The Kier molecular flexibility index (Phi) is 5.88. The lowest BCUT2D eigenvalue weighted by Crippen LogP contribution is -2.45. The van der Waals surface area contributed by atoms with E-state index in [0.717, 1.165) is 31.6 Å². The Hall–Kier alpha value is -2.41. The van der Waals surface area contributed by atoms with E-state index in [1.807, 2.05) is 6.92 Å². The highest BCUT2D eigenvalue weighted by Gasteiger charge is 2.24. The van der Waals surface area contributed by atoms with Gasteiger partial charge in [-0.25, -0.2) is 0 Å². The van der Waals surface area contributed by atoms with Crippen LogP contribution in [0, 0.1) is 0 Å². The van der Waals surface area contributed by atoms with Crippen molar-refractivity contribution in [1.29, 1.82) is 0 Å². The first-order chi connectivity index (χ1) is 12.5. The second-order valence-electron chi connectivity index (χ2n) is 6.79. The van der Waals surface area contributed by atoms with Gasteiger partial charge in [0.2, 0.25) is 11.8 Å². The average Bonchev–Trinajstić information content (AvgIpc) is 3.31. The zero-order valence-corrected chi connectivity index (χ0v) is 15.0. The van der Waals surface area contributed by atoms with Gasteiger partial charge in [0.25, 0.3) is 5.91 Å². The molecule has 3 amide bonds. The van der Waals surface area contributed by atoms with Crippen LogP contribution >= 0.6 is 0 Å². The maximum atomic E-state index is 12.2. The van der Waals surface area contributed by atoms with Crippen molar-refractivity contribution in [1.82, 2.24) is 10.6 Å². The molecule has 7 nitrogen and oxygen atoms in total. The van der Waals surface area contributed by atoms with E-state index in [4.69, 9.17) is 4.74 Å². The highest BCUT2D eigenvalue weighted by atomic mass is 16.5. The highest BCUT2D eigenvalue weighted by Crippen LogP contribution is 2.21. The van der Waals surface area contributed by atoms with Gasteiger partial charge in [-0.1, -0.05) is 0 Å². The number of rotatable bonds is 6. The fraction of sp³-hybridized carbons (Fsp3) is 0.526. The Bertz CT molecular complexity index is 668. The van der Waals surface area contributed by atoms with E-state index in [1.165, 1.54) is 0 Å². The van der Waals surface area contributed by atoms with Crippen molar-refractivity contribution >= 4 is 23.4 Å². The number of carbonyl (C=O) groups excluding carboxylic acids is 3.